The topological polar surface area (TPSA) is 75.1 Å². The number of benzene rings is 1. The standard InChI is InChI=1S/C21H17N3O2S2/c25-21(26)17-18(23-12-15-8-4-5-10-22-15)19-16(9-11-27-19)24-20(17)28-13-14-6-2-1-3-7-14/h1-11H,12-13H2,(H,23,24)(H,25,26). The van der Waals surface area contributed by atoms with E-state index in [4.69, 9.17) is 0 Å². The van der Waals surface area contributed by atoms with Crippen LogP contribution in [0.4, 0.5) is 5.69 Å². The molecule has 3 heterocycles. The van der Waals surface area contributed by atoms with Gasteiger partial charge in [0.05, 0.1) is 28.1 Å². The van der Waals surface area contributed by atoms with Crippen LogP contribution in [-0.4, -0.2) is 21.0 Å². The number of anilines is 1. The van der Waals surface area contributed by atoms with Crippen LogP contribution >= 0.6 is 23.1 Å². The summed E-state index contributed by atoms with van der Waals surface area (Å²) < 4.78 is 0.845. The average molecular weight is 408 g/mol. The van der Waals surface area contributed by atoms with Crippen LogP contribution in [0.5, 0.6) is 0 Å². The molecule has 0 saturated carbocycles. The first-order valence-corrected chi connectivity index (χ1v) is 10.5. The van der Waals surface area contributed by atoms with Crippen molar-refractivity contribution < 1.29 is 9.90 Å². The third-order valence-corrected chi connectivity index (χ3v) is 6.13. The summed E-state index contributed by atoms with van der Waals surface area (Å²) in [6.45, 7) is 0.445. The minimum Gasteiger partial charge on any atom is -0.478 e. The molecule has 28 heavy (non-hydrogen) atoms. The van der Waals surface area contributed by atoms with E-state index < -0.39 is 5.97 Å². The highest BCUT2D eigenvalue weighted by Gasteiger charge is 2.22. The highest BCUT2D eigenvalue weighted by atomic mass is 32.2. The maximum atomic E-state index is 12.1. The summed E-state index contributed by atoms with van der Waals surface area (Å²) >= 11 is 2.93. The molecule has 0 aliphatic rings. The van der Waals surface area contributed by atoms with Crippen LogP contribution in [0.15, 0.2) is 71.2 Å². The number of nitrogens with zero attached hydrogens (tertiary/aromatic N) is 2. The molecular weight excluding hydrogens is 390 g/mol. The first-order valence-electron chi connectivity index (χ1n) is 8.67. The lowest BCUT2D eigenvalue weighted by atomic mass is 10.2. The Balaban J connectivity index is 1.70. The van der Waals surface area contributed by atoms with E-state index in [1.807, 2.05) is 60.0 Å². The van der Waals surface area contributed by atoms with Crippen molar-refractivity contribution in [3.05, 3.63) is 83.0 Å². The number of carboxylic acids is 1. The Morgan fingerprint density at radius 1 is 1.11 bits per heavy atom. The molecule has 0 saturated heterocycles. The number of hydrogen-bond donors (Lipinski definition) is 2. The molecule has 0 aliphatic heterocycles. The van der Waals surface area contributed by atoms with Gasteiger partial charge in [-0.2, -0.15) is 0 Å². The van der Waals surface area contributed by atoms with E-state index in [0.29, 0.717) is 23.0 Å². The van der Waals surface area contributed by atoms with Crippen LogP contribution in [0.3, 0.4) is 0 Å². The van der Waals surface area contributed by atoms with Crippen LogP contribution in [0.2, 0.25) is 0 Å². The van der Waals surface area contributed by atoms with Crippen LogP contribution in [0, 0.1) is 0 Å². The Morgan fingerprint density at radius 2 is 1.93 bits per heavy atom. The molecule has 3 aromatic heterocycles. The van der Waals surface area contributed by atoms with E-state index in [9.17, 15) is 9.90 Å². The molecule has 0 atom stereocenters. The van der Waals surface area contributed by atoms with Gasteiger partial charge in [-0.3, -0.25) is 4.98 Å². The van der Waals surface area contributed by atoms with E-state index >= 15 is 0 Å². The van der Waals surface area contributed by atoms with Crippen molar-refractivity contribution >= 4 is 45.0 Å². The van der Waals surface area contributed by atoms with Gasteiger partial charge in [0, 0.05) is 11.9 Å². The molecule has 0 unspecified atom stereocenters. The second kappa shape index (κ2) is 8.41. The predicted octanol–water partition coefficient (Wildman–Crippen LogP) is 5.29. The Hall–Kier alpha value is -2.90. The lowest BCUT2D eigenvalue weighted by Crippen LogP contribution is -2.10. The van der Waals surface area contributed by atoms with Gasteiger partial charge in [0.15, 0.2) is 0 Å². The quantitative estimate of drug-likeness (QED) is 0.405. The molecule has 2 N–H and O–H groups in total. The number of carboxylic acid groups (broad SMARTS) is 1. The van der Waals surface area contributed by atoms with Gasteiger partial charge in [0.2, 0.25) is 0 Å². The number of aromatic nitrogens is 2. The Labute approximate surface area is 170 Å². The smallest absolute Gasteiger partial charge is 0.340 e. The Kier molecular flexibility index (Phi) is 5.55. The van der Waals surface area contributed by atoms with Crippen molar-refractivity contribution in [3.63, 3.8) is 0 Å². The maximum absolute atomic E-state index is 12.1. The largest absolute Gasteiger partial charge is 0.478 e. The van der Waals surface area contributed by atoms with E-state index in [2.05, 4.69) is 15.3 Å². The van der Waals surface area contributed by atoms with Crippen LogP contribution in [-0.2, 0) is 12.3 Å². The van der Waals surface area contributed by atoms with Crippen molar-refractivity contribution in [1.29, 1.82) is 0 Å². The summed E-state index contributed by atoms with van der Waals surface area (Å²) in [6, 6.07) is 17.6. The zero-order chi connectivity index (χ0) is 19.3. The summed E-state index contributed by atoms with van der Waals surface area (Å²) in [7, 11) is 0. The number of rotatable bonds is 7. The van der Waals surface area contributed by atoms with E-state index in [1.165, 1.54) is 23.1 Å². The van der Waals surface area contributed by atoms with E-state index in [-0.39, 0.29) is 5.56 Å². The summed E-state index contributed by atoms with van der Waals surface area (Å²) in [5, 5.41) is 15.7. The summed E-state index contributed by atoms with van der Waals surface area (Å²) in [5.41, 5.74) is 3.59. The number of hydrogen-bond acceptors (Lipinski definition) is 6. The number of fused-ring (bicyclic) bond motifs is 1. The van der Waals surface area contributed by atoms with Crippen molar-refractivity contribution in [2.75, 3.05) is 5.32 Å². The van der Waals surface area contributed by atoms with Gasteiger partial charge in [-0.05, 0) is 29.1 Å². The van der Waals surface area contributed by atoms with Gasteiger partial charge < -0.3 is 10.4 Å². The molecule has 4 aromatic rings. The number of carbonyl (C=O) groups is 1. The summed E-state index contributed by atoms with van der Waals surface area (Å²) in [5.74, 6) is -0.328. The molecular formula is C21H17N3O2S2. The van der Waals surface area contributed by atoms with Crippen molar-refractivity contribution in [3.8, 4) is 0 Å². The van der Waals surface area contributed by atoms with Crippen molar-refractivity contribution in [1.82, 2.24) is 9.97 Å². The van der Waals surface area contributed by atoms with Gasteiger partial charge >= 0.3 is 5.97 Å². The first-order chi connectivity index (χ1) is 13.7. The fraction of sp³-hybridized carbons (Fsp3) is 0.0952. The zero-order valence-corrected chi connectivity index (χ0v) is 16.5. The van der Waals surface area contributed by atoms with Gasteiger partial charge in [0.1, 0.15) is 10.6 Å². The fourth-order valence-corrected chi connectivity index (χ4v) is 4.69. The molecule has 0 amide bonds. The minimum absolute atomic E-state index is 0.215. The third kappa shape index (κ3) is 4.00. The number of pyridine rings is 2. The fourth-order valence-electron chi connectivity index (χ4n) is 2.84. The second-order valence-corrected chi connectivity index (χ2v) is 7.94. The summed E-state index contributed by atoms with van der Waals surface area (Å²) in [6.07, 6.45) is 1.73. The maximum Gasteiger partial charge on any atom is 0.340 e. The lowest BCUT2D eigenvalue weighted by Gasteiger charge is -2.14. The van der Waals surface area contributed by atoms with Crippen LogP contribution < -0.4 is 5.32 Å². The van der Waals surface area contributed by atoms with Crippen LogP contribution in [0.1, 0.15) is 21.6 Å². The molecule has 0 aliphatic carbocycles. The summed E-state index contributed by atoms with van der Waals surface area (Å²) in [4.78, 5) is 21.1. The molecule has 5 nitrogen and oxygen atoms in total. The highest BCUT2D eigenvalue weighted by Crippen LogP contribution is 2.37. The molecule has 1 aromatic carbocycles. The number of thioether (sulfide) groups is 1. The first kappa shape index (κ1) is 18.5. The zero-order valence-electron chi connectivity index (χ0n) is 14.8. The number of thiophene rings is 1. The van der Waals surface area contributed by atoms with Gasteiger partial charge in [-0.1, -0.05) is 36.4 Å². The number of aromatic carboxylic acids is 1. The predicted molar refractivity (Wildman–Crippen MR) is 114 cm³/mol. The van der Waals surface area contributed by atoms with Gasteiger partial charge in [0.25, 0.3) is 0 Å². The molecule has 0 bridgehead atoms. The highest BCUT2D eigenvalue weighted by molar-refractivity contribution is 7.98. The Morgan fingerprint density at radius 3 is 2.68 bits per heavy atom. The average Bonchev–Trinajstić information content (AvgIpc) is 3.20. The Bertz CT molecular complexity index is 1100. The van der Waals surface area contributed by atoms with Crippen molar-refractivity contribution in [2.45, 2.75) is 17.3 Å². The van der Waals surface area contributed by atoms with Crippen molar-refractivity contribution in [2.24, 2.45) is 0 Å². The molecule has 140 valence electrons. The molecule has 4 rings (SSSR count). The van der Waals surface area contributed by atoms with Gasteiger partial charge in [-0.25, -0.2) is 9.78 Å². The van der Waals surface area contributed by atoms with Crippen LogP contribution in [0.25, 0.3) is 10.2 Å². The molecule has 0 spiro atoms. The monoisotopic (exact) mass is 407 g/mol. The molecule has 7 heteroatoms. The SMILES string of the molecule is O=C(O)c1c(SCc2ccccc2)nc2ccsc2c1NCc1ccccn1. The normalized spacial score (nSPS) is 10.9. The third-order valence-electron chi connectivity index (χ3n) is 4.16. The lowest BCUT2D eigenvalue weighted by molar-refractivity contribution is 0.0693. The van der Waals surface area contributed by atoms with Gasteiger partial charge in [-0.15, -0.1) is 23.1 Å². The van der Waals surface area contributed by atoms with E-state index in [0.717, 1.165) is 21.5 Å². The van der Waals surface area contributed by atoms with E-state index in [1.54, 1.807) is 6.20 Å². The molecule has 0 radical (unpaired) electrons. The molecule has 0 fully saturated rings. The minimum atomic E-state index is -0.984. The number of nitrogens with one attached hydrogen (secondary N) is 1. The second-order valence-electron chi connectivity index (χ2n) is 6.06.